The number of carbonyl (C=O) groups excluding carboxylic acids is 2. The molecule has 0 saturated carbocycles. The van der Waals surface area contributed by atoms with Crippen molar-refractivity contribution in [3.05, 3.63) is 63.1 Å². The number of para-hydroxylation sites is 1. The van der Waals surface area contributed by atoms with Gasteiger partial charge in [0.15, 0.2) is 0 Å². The second-order valence-electron chi connectivity index (χ2n) is 4.12. The van der Waals surface area contributed by atoms with Crippen molar-refractivity contribution < 1.29 is 14.3 Å². The molecule has 2 rings (SSSR count). The monoisotopic (exact) mass is 367 g/mol. The zero-order valence-corrected chi connectivity index (χ0v) is 13.4. The normalized spacial score (nSPS) is 10.0. The highest BCUT2D eigenvalue weighted by molar-refractivity contribution is 9.10. The lowest BCUT2D eigenvalue weighted by atomic mass is 10.1. The quantitative estimate of drug-likeness (QED) is 0.828. The summed E-state index contributed by atoms with van der Waals surface area (Å²) in [6, 6.07) is 11.5. The fourth-order valence-electron chi connectivity index (χ4n) is 1.71. The summed E-state index contributed by atoms with van der Waals surface area (Å²) >= 11 is 9.15. The average Bonchev–Trinajstić information content (AvgIpc) is 2.49. The maximum atomic E-state index is 12.2. The van der Waals surface area contributed by atoms with E-state index in [1.54, 1.807) is 42.5 Å². The Morgan fingerprint density at radius 1 is 1.19 bits per heavy atom. The molecule has 0 heterocycles. The van der Waals surface area contributed by atoms with Crippen LogP contribution in [-0.4, -0.2) is 19.0 Å². The fraction of sp³-hybridized carbons (Fsp3) is 0.0667. The van der Waals surface area contributed by atoms with Crippen LogP contribution in [0, 0.1) is 0 Å². The number of carbonyl (C=O) groups is 2. The third kappa shape index (κ3) is 3.62. The molecule has 0 aliphatic carbocycles. The number of amides is 1. The highest BCUT2D eigenvalue weighted by Gasteiger charge is 2.14. The first-order valence-corrected chi connectivity index (χ1v) is 7.13. The molecular formula is C15H11BrClNO3. The predicted molar refractivity (Wildman–Crippen MR) is 84.9 cm³/mol. The fourth-order valence-corrected chi connectivity index (χ4v) is 2.21. The predicted octanol–water partition coefficient (Wildman–Crippen LogP) is 4.14. The summed E-state index contributed by atoms with van der Waals surface area (Å²) in [6.07, 6.45) is 0. The van der Waals surface area contributed by atoms with Crippen LogP contribution in [0.1, 0.15) is 20.7 Å². The highest BCUT2D eigenvalue weighted by atomic mass is 79.9. The van der Waals surface area contributed by atoms with Gasteiger partial charge in [-0.2, -0.15) is 0 Å². The van der Waals surface area contributed by atoms with Gasteiger partial charge in [-0.25, -0.2) is 4.79 Å². The summed E-state index contributed by atoms with van der Waals surface area (Å²) in [7, 11) is 1.29. The third-order valence-electron chi connectivity index (χ3n) is 2.76. The first kappa shape index (κ1) is 15.5. The van der Waals surface area contributed by atoms with Gasteiger partial charge in [0.2, 0.25) is 0 Å². The van der Waals surface area contributed by atoms with Gasteiger partial charge in [-0.05, 0) is 46.3 Å². The highest BCUT2D eigenvalue weighted by Crippen LogP contribution is 2.24. The summed E-state index contributed by atoms with van der Waals surface area (Å²) in [4.78, 5) is 23.9. The molecule has 6 heteroatoms. The molecule has 1 amide bonds. The van der Waals surface area contributed by atoms with Crippen LogP contribution in [0.15, 0.2) is 46.9 Å². The van der Waals surface area contributed by atoms with Gasteiger partial charge in [0, 0.05) is 10.0 Å². The van der Waals surface area contributed by atoms with Gasteiger partial charge in [-0.15, -0.1) is 0 Å². The Morgan fingerprint density at radius 2 is 1.90 bits per heavy atom. The van der Waals surface area contributed by atoms with Gasteiger partial charge in [0.05, 0.1) is 23.4 Å². The summed E-state index contributed by atoms with van der Waals surface area (Å²) in [6.45, 7) is 0. The number of hydrogen-bond donors (Lipinski definition) is 1. The number of hydrogen-bond acceptors (Lipinski definition) is 3. The van der Waals surface area contributed by atoms with Crippen molar-refractivity contribution in [1.29, 1.82) is 0 Å². The number of nitrogens with one attached hydrogen (secondary N) is 1. The molecule has 0 unspecified atom stereocenters. The zero-order chi connectivity index (χ0) is 15.4. The number of halogens is 2. The summed E-state index contributed by atoms with van der Waals surface area (Å²) in [5.74, 6) is -0.855. The topological polar surface area (TPSA) is 55.4 Å². The van der Waals surface area contributed by atoms with Crippen molar-refractivity contribution in [3.63, 3.8) is 0 Å². The van der Waals surface area contributed by atoms with E-state index in [2.05, 4.69) is 26.0 Å². The minimum atomic E-state index is -0.511. The van der Waals surface area contributed by atoms with Gasteiger partial charge < -0.3 is 10.1 Å². The number of ether oxygens (including phenoxy) is 1. The standard InChI is InChI=1S/C15H11BrClNO3/c1-21-15(20)10-4-2-3-5-13(10)18-14(19)9-6-7-12(17)11(16)8-9/h2-8H,1H3,(H,18,19). The Balaban J connectivity index is 2.27. The molecule has 0 bridgehead atoms. The molecule has 0 spiro atoms. The van der Waals surface area contributed by atoms with E-state index in [4.69, 9.17) is 11.6 Å². The van der Waals surface area contributed by atoms with E-state index in [-0.39, 0.29) is 5.91 Å². The van der Waals surface area contributed by atoms with Crippen LogP contribution in [0.25, 0.3) is 0 Å². The SMILES string of the molecule is COC(=O)c1ccccc1NC(=O)c1ccc(Cl)c(Br)c1. The second-order valence-corrected chi connectivity index (χ2v) is 5.38. The van der Waals surface area contributed by atoms with E-state index in [9.17, 15) is 9.59 Å². The lowest BCUT2D eigenvalue weighted by Crippen LogP contribution is -2.15. The van der Waals surface area contributed by atoms with Crippen molar-refractivity contribution in [3.8, 4) is 0 Å². The number of benzene rings is 2. The number of esters is 1. The lowest BCUT2D eigenvalue weighted by molar-refractivity contribution is 0.0602. The maximum Gasteiger partial charge on any atom is 0.339 e. The van der Waals surface area contributed by atoms with Crippen molar-refractivity contribution in [2.24, 2.45) is 0 Å². The molecule has 0 saturated heterocycles. The molecule has 0 radical (unpaired) electrons. The molecule has 4 nitrogen and oxygen atoms in total. The number of anilines is 1. The van der Waals surface area contributed by atoms with Crippen LogP contribution in [0.4, 0.5) is 5.69 Å². The molecular weight excluding hydrogens is 358 g/mol. The van der Waals surface area contributed by atoms with Crippen LogP contribution in [0.2, 0.25) is 5.02 Å². The Morgan fingerprint density at radius 3 is 2.57 bits per heavy atom. The van der Waals surface area contributed by atoms with Gasteiger partial charge in [0.1, 0.15) is 0 Å². The largest absolute Gasteiger partial charge is 0.465 e. The molecule has 2 aromatic carbocycles. The molecule has 0 aliphatic heterocycles. The first-order chi connectivity index (χ1) is 10.0. The molecule has 108 valence electrons. The van der Waals surface area contributed by atoms with Gasteiger partial charge in [0.25, 0.3) is 5.91 Å². The van der Waals surface area contributed by atoms with E-state index in [1.165, 1.54) is 7.11 Å². The van der Waals surface area contributed by atoms with E-state index in [1.807, 2.05) is 0 Å². The Kier molecular flexibility index (Phi) is 4.98. The third-order valence-corrected chi connectivity index (χ3v) is 3.98. The Labute approximate surface area is 135 Å². The summed E-state index contributed by atoms with van der Waals surface area (Å²) < 4.78 is 5.31. The molecule has 21 heavy (non-hydrogen) atoms. The number of rotatable bonds is 3. The van der Waals surface area contributed by atoms with E-state index in [0.29, 0.717) is 26.3 Å². The van der Waals surface area contributed by atoms with Crippen LogP contribution in [0.3, 0.4) is 0 Å². The van der Waals surface area contributed by atoms with Crippen LogP contribution in [-0.2, 0) is 4.74 Å². The molecule has 0 fully saturated rings. The average molecular weight is 369 g/mol. The molecule has 2 aromatic rings. The van der Waals surface area contributed by atoms with Crippen molar-refractivity contribution in [2.75, 3.05) is 12.4 Å². The van der Waals surface area contributed by atoms with E-state index >= 15 is 0 Å². The van der Waals surface area contributed by atoms with Crippen LogP contribution in [0.5, 0.6) is 0 Å². The summed E-state index contributed by atoms with van der Waals surface area (Å²) in [5.41, 5.74) is 1.10. The molecule has 0 aromatic heterocycles. The van der Waals surface area contributed by atoms with Crippen molar-refractivity contribution >= 4 is 45.1 Å². The van der Waals surface area contributed by atoms with Crippen molar-refractivity contribution in [2.45, 2.75) is 0 Å². The zero-order valence-electron chi connectivity index (χ0n) is 11.0. The Bertz CT molecular complexity index is 703. The van der Waals surface area contributed by atoms with E-state index < -0.39 is 5.97 Å². The molecule has 0 aliphatic rings. The minimum Gasteiger partial charge on any atom is -0.465 e. The molecule has 1 N–H and O–H groups in total. The minimum absolute atomic E-state index is 0.293. The summed E-state index contributed by atoms with van der Waals surface area (Å²) in [5, 5.41) is 3.20. The first-order valence-electron chi connectivity index (χ1n) is 5.96. The van der Waals surface area contributed by atoms with E-state index in [0.717, 1.165) is 0 Å². The molecule has 0 atom stereocenters. The number of methoxy groups -OCH3 is 1. The lowest BCUT2D eigenvalue weighted by Gasteiger charge is -2.10. The van der Waals surface area contributed by atoms with Crippen molar-refractivity contribution in [1.82, 2.24) is 0 Å². The Hall–Kier alpha value is -1.85. The smallest absolute Gasteiger partial charge is 0.339 e. The van der Waals surface area contributed by atoms with Gasteiger partial charge in [-0.3, -0.25) is 4.79 Å². The van der Waals surface area contributed by atoms with Crippen LogP contribution < -0.4 is 5.32 Å². The van der Waals surface area contributed by atoms with Gasteiger partial charge in [-0.1, -0.05) is 23.7 Å². The second kappa shape index (κ2) is 6.74. The van der Waals surface area contributed by atoms with Gasteiger partial charge >= 0.3 is 5.97 Å². The maximum absolute atomic E-state index is 12.2. The van der Waals surface area contributed by atoms with Crippen LogP contribution >= 0.6 is 27.5 Å².